The van der Waals surface area contributed by atoms with E-state index in [1.54, 1.807) is 6.07 Å². The summed E-state index contributed by atoms with van der Waals surface area (Å²) < 4.78 is 0. The number of anilines is 1. The molecule has 152 valence electrons. The van der Waals surface area contributed by atoms with Crippen molar-refractivity contribution in [2.75, 3.05) is 5.32 Å². The number of Topliss-reactive ketones (excluding diaryl/α,β-unsaturated/α-hetero) is 1. The quantitative estimate of drug-likeness (QED) is 0.664. The number of carbonyl (C=O) groups excluding carboxylic acids is 2. The third kappa shape index (κ3) is 4.01. The van der Waals surface area contributed by atoms with Crippen molar-refractivity contribution in [1.82, 2.24) is 9.97 Å². The summed E-state index contributed by atoms with van der Waals surface area (Å²) in [6.45, 7) is 6.22. The summed E-state index contributed by atoms with van der Waals surface area (Å²) in [5, 5.41) is 2.77. The molecule has 2 aromatic carbocycles. The predicted octanol–water partition coefficient (Wildman–Crippen LogP) is 5.07. The fourth-order valence-corrected chi connectivity index (χ4v) is 3.89. The van der Waals surface area contributed by atoms with Crippen LogP contribution in [0.2, 0.25) is 0 Å². The average Bonchev–Trinajstić information content (AvgIpc) is 2.73. The molecule has 1 N–H and O–H groups in total. The van der Waals surface area contributed by atoms with Gasteiger partial charge in [-0.05, 0) is 47.9 Å². The Morgan fingerprint density at radius 2 is 1.80 bits per heavy atom. The Balaban J connectivity index is 1.56. The molecule has 0 fully saturated rings. The Bertz CT molecular complexity index is 1100. The highest BCUT2D eigenvalue weighted by atomic mass is 16.1. The minimum absolute atomic E-state index is 0.0472. The molecule has 1 heterocycles. The molecular formula is C25H25N3O2. The molecule has 0 saturated carbocycles. The van der Waals surface area contributed by atoms with Gasteiger partial charge in [0.05, 0.1) is 11.3 Å². The normalized spacial score (nSPS) is 15.7. The number of carbonyl (C=O) groups is 2. The maximum atomic E-state index is 12.7. The SMILES string of the molecule is Cc1ccccc1C(=O)Nc1ncc2c(n1)C[C@@H](c1ccc(C(C)C)cc1)CC2=O. The monoisotopic (exact) mass is 399 g/mol. The fraction of sp³-hybridized carbons (Fsp3) is 0.280. The van der Waals surface area contributed by atoms with Crippen molar-refractivity contribution in [2.24, 2.45) is 0 Å². The van der Waals surface area contributed by atoms with Gasteiger partial charge >= 0.3 is 0 Å². The molecule has 5 nitrogen and oxygen atoms in total. The molecule has 1 aromatic heterocycles. The molecule has 30 heavy (non-hydrogen) atoms. The maximum absolute atomic E-state index is 12.7. The lowest BCUT2D eigenvalue weighted by molar-refractivity contribution is 0.0962. The second kappa shape index (κ2) is 8.19. The third-order valence-electron chi connectivity index (χ3n) is 5.73. The first kappa shape index (κ1) is 20.0. The van der Waals surface area contributed by atoms with E-state index < -0.39 is 0 Å². The van der Waals surface area contributed by atoms with Crippen LogP contribution in [0.5, 0.6) is 0 Å². The van der Waals surface area contributed by atoms with Crippen LogP contribution in [0.25, 0.3) is 0 Å². The number of amides is 1. The Kier molecular flexibility index (Phi) is 5.44. The van der Waals surface area contributed by atoms with Crippen molar-refractivity contribution in [3.05, 3.63) is 88.2 Å². The maximum Gasteiger partial charge on any atom is 0.258 e. The largest absolute Gasteiger partial charge is 0.294 e. The van der Waals surface area contributed by atoms with Gasteiger partial charge in [0.15, 0.2) is 5.78 Å². The van der Waals surface area contributed by atoms with Crippen LogP contribution < -0.4 is 5.32 Å². The summed E-state index contributed by atoms with van der Waals surface area (Å²) in [6.07, 6.45) is 2.64. The van der Waals surface area contributed by atoms with Crippen molar-refractivity contribution < 1.29 is 9.59 Å². The summed E-state index contributed by atoms with van der Waals surface area (Å²) in [7, 11) is 0. The topological polar surface area (TPSA) is 72.0 Å². The molecular weight excluding hydrogens is 374 g/mol. The van der Waals surface area contributed by atoms with Crippen LogP contribution in [0.4, 0.5) is 5.95 Å². The highest BCUT2D eigenvalue weighted by Crippen LogP contribution is 2.32. The van der Waals surface area contributed by atoms with Crippen LogP contribution >= 0.6 is 0 Å². The fourth-order valence-electron chi connectivity index (χ4n) is 3.89. The van der Waals surface area contributed by atoms with Crippen molar-refractivity contribution in [1.29, 1.82) is 0 Å². The molecule has 1 aliphatic rings. The van der Waals surface area contributed by atoms with E-state index in [2.05, 4.69) is 53.4 Å². The van der Waals surface area contributed by atoms with Crippen LogP contribution in [0.15, 0.2) is 54.7 Å². The van der Waals surface area contributed by atoms with Crippen LogP contribution in [0, 0.1) is 6.92 Å². The Labute approximate surface area is 176 Å². The molecule has 0 saturated heterocycles. The van der Waals surface area contributed by atoms with Crippen LogP contribution in [-0.4, -0.2) is 21.7 Å². The number of ketones is 1. The van der Waals surface area contributed by atoms with E-state index in [-0.39, 0.29) is 23.6 Å². The molecule has 1 atom stereocenters. The Morgan fingerprint density at radius 3 is 2.50 bits per heavy atom. The first-order chi connectivity index (χ1) is 14.4. The van der Waals surface area contributed by atoms with E-state index in [9.17, 15) is 9.59 Å². The second-order valence-corrected chi connectivity index (χ2v) is 8.17. The Hall–Kier alpha value is -3.34. The molecule has 0 unspecified atom stereocenters. The summed E-state index contributed by atoms with van der Waals surface area (Å²) in [4.78, 5) is 34.0. The van der Waals surface area contributed by atoms with Crippen molar-refractivity contribution >= 4 is 17.6 Å². The number of aryl methyl sites for hydroxylation is 1. The van der Waals surface area contributed by atoms with Gasteiger partial charge in [0.1, 0.15) is 0 Å². The predicted molar refractivity (Wildman–Crippen MR) is 117 cm³/mol. The van der Waals surface area contributed by atoms with Gasteiger partial charge in [-0.25, -0.2) is 9.97 Å². The van der Waals surface area contributed by atoms with Gasteiger partial charge in [-0.1, -0.05) is 56.3 Å². The van der Waals surface area contributed by atoms with Crippen LogP contribution in [0.1, 0.15) is 75.2 Å². The van der Waals surface area contributed by atoms with Gasteiger partial charge in [-0.3, -0.25) is 14.9 Å². The minimum Gasteiger partial charge on any atom is -0.294 e. The summed E-state index contributed by atoms with van der Waals surface area (Å²) in [6, 6.07) is 15.9. The average molecular weight is 399 g/mol. The first-order valence-corrected chi connectivity index (χ1v) is 10.3. The van der Waals surface area contributed by atoms with E-state index >= 15 is 0 Å². The van der Waals surface area contributed by atoms with E-state index in [0.29, 0.717) is 35.6 Å². The van der Waals surface area contributed by atoms with Crippen molar-refractivity contribution in [3.63, 3.8) is 0 Å². The van der Waals surface area contributed by atoms with Crippen molar-refractivity contribution in [3.8, 4) is 0 Å². The highest BCUT2D eigenvalue weighted by Gasteiger charge is 2.28. The van der Waals surface area contributed by atoms with E-state index in [0.717, 1.165) is 11.1 Å². The molecule has 0 bridgehead atoms. The van der Waals surface area contributed by atoms with Gasteiger partial charge < -0.3 is 0 Å². The number of fused-ring (bicyclic) bond motifs is 1. The van der Waals surface area contributed by atoms with Crippen LogP contribution in [-0.2, 0) is 6.42 Å². The van der Waals surface area contributed by atoms with Gasteiger partial charge in [-0.15, -0.1) is 0 Å². The first-order valence-electron chi connectivity index (χ1n) is 10.3. The van der Waals surface area contributed by atoms with Gasteiger partial charge in [0.25, 0.3) is 5.91 Å². The number of aromatic nitrogens is 2. The third-order valence-corrected chi connectivity index (χ3v) is 5.73. The Morgan fingerprint density at radius 1 is 1.07 bits per heavy atom. The number of rotatable bonds is 4. The molecule has 0 spiro atoms. The van der Waals surface area contributed by atoms with E-state index in [4.69, 9.17) is 0 Å². The highest BCUT2D eigenvalue weighted by molar-refractivity contribution is 6.04. The van der Waals surface area contributed by atoms with Gasteiger partial charge in [0.2, 0.25) is 5.95 Å². The zero-order chi connectivity index (χ0) is 21.3. The second-order valence-electron chi connectivity index (χ2n) is 8.17. The number of hydrogen-bond acceptors (Lipinski definition) is 4. The molecule has 1 aliphatic carbocycles. The lowest BCUT2D eigenvalue weighted by Gasteiger charge is -2.23. The zero-order valence-corrected chi connectivity index (χ0v) is 17.5. The van der Waals surface area contributed by atoms with E-state index in [1.807, 2.05) is 25.1 Å². The number of nitrogens with one attached hydrogen (secondary N) is 1. The number of nitrogens with zero attached hydrogens (tertiary/aromatic N) is 2. The molecule has 3 aromatic rings. The number of benzene rings is 2. The van der Waals surface area contributed by atoms with Gasteiger partial charge in [0, 0.05) is 18.2 Å². The number of hydrogen-bond donors (Lipinski definition) is 1. The lowest BCUT2D eigenvalue weighted by Crippen LogP contribution is -2.22. The summed E-state index contributed by atoms with van der Waals surface area (Å²) in [5.74, 6) is 0.577. The smallest absolute Gasteiger partial charge is 0.258 e. The minimum atomic E-state index is -0.254. The zero-order valence-electron chi connectivity index (χ0n) is 17.5. The van der Waals surface area contributed by atoms with Crippen molar-refractivity contribution in [2.45, 2.75) is 45.4 Å². The lowest BCUT2D eigenvalue weighted by atomic mass is 9.81. The summed E-state index contributed by atoms with van der Waals surface area (Å²) in [5.41, 5.74) is 5.14. The van der Waals surface area contributed by atoms with Gasteiger partial charge in [-0.2, -0.15) is 0 Å². The molecule has 5 heteroatoms. The van der Waals surface area contributed by atoms with Crippen LogP contribution in [0.3, 0.4) is 0 Å². The summed E-state index contributed by atoms with van der Waals surface area (Å²) >= 11 is 0. The molecule has 4 rings (SSSR count). The standard InChI is InChI=1S/C25H25N3O2/c1-15(2)17-8-10-18(11-9-17)19-12-22-21(23(29)13-19)14-26-25(27-22)28-24(30)20-7-5-4-6-16(20)3/h4-11,14-15,19H,12-13H2,1-3H3,(H,26,27,28,30)/t19-/m1/s1. The molecule has 0 radical (unpaired) electrons. The van der Waals surface area contributed by atoms with E-state index in [1.165, 1.54) is 11.8 Å². The molecule has 1 amide bonds. The molecule has 0 aliphatic heterocycles.